The molecule has 0 amide bonds. The number of rotatable bonds is 4. The van der Waals surface area contributed by atoms with Gasteiger partial charge in [0.2, 0.25) is 0 Å². The lowest BCUT2D eigenvalue weighted by atomic mass is 10.3. The fourth-order valence-corrected chi connectivity index (χ4v) is 10.9. The van der Waals surface area contributed by atoms with E-state index in [-0.39, 0.29) is 39.2 Å². The minimum atomic E-state index is -5.02. The van der Waals surface area contributed by atoms with Crippen molar-refractivity contribution in [2.75, 3.05) is 0 Å². The maximum atomic E-state index is 12.0. The quantitative estimate of drug-likeness (QED) is 0.234. The van der Waals surface area contributed by atoms with Gasteiger partial charge in [-0.15, -0.1) is 0 Å². The zero-order valence-electron chi connectivity index (χ0n) is 21.1. The van der Waals surface area contributed by atoms with Crippen LogP contribution in [0.3, 0.4) is 0 Å². The summed E-state index contributed by atoms with van der Waals surface area (Å²) in [7, 11) is -20.1. The number of benzene rings is 4. The smallest absolute Gasteiger partial charge is 0.124 e. The molecule has 44 heavy (non-hydrogen) atoms. The molecule has 0 N–H and O–H groups in total. The van der Waals surface area contributed by atoms with Gasteiger partial charge in [0, 0.05) is 39.2 Å². The number of fused-ring (bicyclic) bond motifs is 8. The third-order valence-electron chi connectivity index (χ3n) is 5.51. The van der Waals surface area contributed by atoms with E-state index >= 15 is 0 Å². The molecule has 1 aliphatic heterocycles. The van der Waals surface area contributed by atoms with E-state index in [9.17, 15) is 51.9 Å². The van der Waals surface area contributed by atoms with Gasteiger partial charge >= 0.3 is 0 Å². The summed E-state index contributed by atoms with van der Waals surface area (Å²) in [6.07, 6.45) is 0. The molecule has 20 heteroatoms. The summed E-state index contributed by atoms with van der Waals surface area (Å²) in [5.41, 5.74) is 0. The van der Waals surface area contributed by atoms with Crippen LogP contribution in [-0.2, 0) is 40.5 Å². The van der Waals surface area contributed by atoms with Crippen LogP contribution in [0.25, 0.3) is 0 Å². The van der Waals surface area contributed by atoms with Crippen molar-refractivity contribution in [2.24, 2.45) is 0 Å². The summed E-state index contributed by atoms with van der Waals surface area (Å²) >= 11 is 3.19. The van der Waals surface area contributed by atoms with Gasteiger partial charge in [0.25, 0.3) is 0 Å². The molecule has 232 valence electrons. The summed E-state index contributed by atoms with van der Waals surface area (Å²) in [4.78, 5) is -1.65. The summed E-state index contributed by atoms with van der Waals surface area (Å²) < 4.78 is 144. The molecule has 0 aromatic heterocycles. The molecule has 5 rings (SSSR count). The van der Waals surface area contributed by atoms with Gasteiger partial charge in [0.05, 0.1) is 19.6 Å². The normalized spacial score (nSPS) is 14.3. The van der Waals surface area contributed by atoms with Crippen molar-refractivity contribution in [1.82, 2.24) is 0 Å². The number of hydrogen-bond acceptors (Lipinski definition) is 16. The molecular weight excluding hydrogens is 737 g/mol. The molecule has 1 heterocycles. The Morgan fingerprint density at radius 1 is 0.295 bits per heavy atom. The molecule has 8 bridgehead atoms. The highest BCUT2D eigenvalue weighted by molar-refractivity contribution is 8.01. The third-order valence-corrected chi connectivity index (χ3v) is 12.5. The molecule has 0 radical (unpaired) electrons. The second kappa shape index (κ2) is 11.9. The fraction of sp³-hybridized carbons (Fsp3) is 0. The van der Waals surface area contributed by atoms with E-state index in [0.717, 1.165) is 95.6 Å². The highest BCUT2D eigenvalue weighted by Crippen LogP contribution is 2.43. The van der Waals surface area contributed by atoms with Crippen LogP contribution in [-0.4, -0.2) is 51.9 Å². The van der Waals surface area contributed by atoms with Crippen molar-refractivity contribution in [3.63, 3.8) is 0 Å². The Morgan fingerprint density at radius 2 is 0.432 bits per heavy atom. The van der Waals surface area contributed by atoms with Gasteiger partial charge in [-0.3, -0.25) is 0 Å². The Hall–Kier alpha value is -2.08. The van der Waals surface area contributed by atoms with Crippen LogP contribution in [0.4, 0.5) is 0 Å². The molecule has 0 fully saturated rings. The van der Waals surface area contributed by atoms with E-state index in [1.54, 1.807) is 0 Å². The van der Waals surface area contributed by atoms with Crippen LogP contribution in [0.1, 0.15) is 0 Å². The molecule has 0 saturated carbocycles. The first-order valence-corrected chi connectivity index (χ1v) is 20.3. The average molecular weight is 749 g/mol. The second-order valence-electron chi connectivity index (χ2n) is 8.79. The van der Waals surface area contributed by atoms with Crippen molar-refractivity contribution >= 4 is 87.5 Å². The van der Waals surface area contributed by atoms with Crippen LogP contribution in [0.2, 0.25) is 0 Å². The Bertz CT molecular complexity index is 1880. The maximum Gasteiger partial charge on any atom is 0.124 e. The van der Waals surface area contributed by atoms with Gasteiger partial charge in [-0.25, -0.2) is 33.7 Å². The van der Waals surface area contributed by atoms with Crippen LogP contribution < -0.4 is 0 Å². The van der Waals surface area contributed by atoms with E-state index < -0.39 is 60.1 Å². The Morgan fingerprint density at radius 3 is 0.545 bits per heavy atom. The summed E-state index contributed by atoms with van der Waals surface area (Å²) in [5.74, 6) is 0. The van der Waals surface area contributed by atoms with E-state index in [0.29, 0.717) is 0 Å². The van der Waals surface area contributed by atoms with Gasteiger partial charge in [0.1, 0.15) is 40.5 Å². The molecule has 1 aliphatic rings. The molecule has 4 aromatic rings. The molecule has 0 spiro atoms. The lowest BCUT2D eigenvalue weighted by Crippen LogP contribution is -2.01. The Balaban J connectivity index is 1.81. The van der Waals surface area contributed by atoms with Crippen LogP contribution in [0.15, 0.2) is 132 Å². The van der Waals surface area contributed by atoms with Gasteiger partial charge in [-0.2, -0.15) is 0 Å². The minimum absolute atomic E-state index is 0.122. The van der Waals surface area contributed by atoms with Gasteiger partial charge < -0.3 is 18.2 Å². The van der Waals surface area contributed by atoms with Crippen molar-refractivity contribution in [3.05, 3.63) is 72.8 Å². The Labute approximate surface area is 269 Å². The molecule has 0 saturated heterocycles. The van der Waals surface area contributed by atoms with E-state index in [4.69, 9.17) is 0 Å². The molecule has 12 nitrogen and oxygen atoms in total. The maximum absolute atomic E-state index is 12.0. The van der Waals surface area contributed by atoms with E-state index in [1.165, 1.54) is 24.3 Å². The Kier molecular flexibility index (Phi) is 9.03. The van der Waals surface area contributed by atoms with Crippen molar-refractivity contribution in [3.8, 4) is 0 Å². The first-order valence-electron chi connectivity index (χ1n) is 11.4. The average Bonchev–Trinajstić information content (AvgIpc) is 2.85. The zero-order valence-corrected chi connectivity index (χ0v) is 27.6. The molecule has 0 unspecified atom stereocenters. The fourth-order valence-electron chi connectivity index (χ4n) is 3.78. The van der Waals surface area contributed by atoms with Gasteiger partial charge in [-0.1, -0.05) is 47.0 Å². The minimum Gasteiger partial charge on any atom is -0.744 e. The van der Waals surface area contributed by atoms with Crippen LogP contribution in [0, 0.1) is 0 Å². The monoisotopic (exact) mass is 748 g/mol. The summed E-state index contributed by atoms with van der Waals surface area (Å²) in [5, 5.41) is 0. The zero-order chi connectivity index (χ0) is 32.2. The van der Waals surface area contributed by atoms with Crippen molar-refractivity contribution < 1.29 is 51.9 Å². The molecular formula is C24H12O12S8-4. The van der Waals surface area contributed by atoms with E-state index in [1.807, 2.05) is 0 Å². The first-order chi connectivity index (χ1) is 20.2. The predicted molar refractivity (Wildman–Crippen MR) is 154 cm³/mol. The first kappa shape index (κ1) is 33.3. The van der Waals surface area contributed by atoms with E-state index in [2.05, 4.69) is 0 Å². The lowest BCUT2D eigenvalue weighted by Gasteiger charge is -2.17. The van der Waals surface area contributed by atoms with Crippen molar-refractivity contribution in [1.29, 1.82) is 0 Å². The summed E-state index contributed by atoms with van der Waals surface area (Å²) in [6.45, 7) is 0. The molecule has 0 aliphatic carbocycles. The topological polar surface area (TPSA) is 229 Å². The number of hydrogen-bond donors (Lipinski definition) is 0. The highest BCUT2D eigenvalue weighted by Gasteiger charge is 2.17. The third kappa shape index (κ3) is 8.19. The SMILES string of the molecule is O=S(=O)([O-])c1cc2cc(c1)Sc1cc(cc(S(=O)(=O)[O-])c1)Sc1cc(cc(S(=O)(=O)[O-])c1)Sc1cc(cc(S(=O)(=O)[O-])c1)S2. The lowest BCUT2D eigenvalue weighted by molar-refractivity contribution is 0.460. The standard InChI is InChI=1S/C24H16O12S8/c25-41(26,27)21-5-13-1-14(6-21)38-16-3-18(10-23(8-16)43(31,32)33)40-20-4-19(11-24(12-20)44(34,35)36)39-17-2-15(37-13)7-22(9-17)42(28,29)30/h1-12H,(H,25,26,27)(H,28,29,30)(H,31,32,33)(H,34,35,36)/p-4. The predicted octanol–water partition coefficient (Wildman–Crippen LogP) is 4.22. The molecule has 0 atom stereocenters. The molecule has 4 aromatic carbocycles. The largest absolute Gasteiger partial charge is 0.744 e. The van der Waals surface area contributed by atoms with Gasteiger partial charge in [-0.05, 0) is 72.8 Å². The summed E-state index contributed by atoms with van der Waals surface area (Å²) in [6, 6.07) is 13.9. The van der Waals surface area contributed by atoms with Crippen molar-refractivity contribution in [2.45, 2.75) is 58.7 Å². The second-order valence-corrected chi connectivity index (χ2v) is 18.9. The van der Waals surface area contributed by atoms with Gasteiger partial charge in [0.15, 0.2) is 0 Å². The van der Waals surface area contributed by atoms with Crippen LogP contribution >= 0.6 is 47.0 Å². The highest BCUT2D eigenvalue weighted by atomic mass is 32.2. The van der Waals surface area contributed by atoms with Crippen LogP contribution in [0.5, 0.6) is 0 Å².